The van der Waals surface area contributed by atoms with Crippen molar-refractivity contribution in [2.75, 3.05) is 19.5 Å². The van der Waals surface area contributed by atoms with Gasteiger partial charge in [-0.1, -0.05) is 6.07 Å². The lowest BCUT2D eigenvalue weighted by Crippen LogP contribution is -1.96. The lowest BCUT2D eigenvalue weighted by atomic mass is 10.2. The normalized spacial score (nSPS) is 8.75. The van der Waals surface area contributed by atoms with Crippen molar-refractivity contribution in [2.24, 2.45) is 0 Å². The van der Waals surface area contributed by atoms with Crippen LogP contribution in [0.15, 0.2) is 18.2 Å². The van der Waals surface area contributed by atoms with Crippen LogP contribution in [0.2, 0.25) is 0 Å². The van der Waals surface area contributed by atoms with E-state index in [1.165, 1.54) is 0 Å². The molecule has 0 unspecified atom stereocenters. The molecule has 0 amide bonds. The van der Waals surface area contributed by atoms with Gasteiger partial charge in [0, 0.05) is 7.05 Å². The molecule has 0 saturated heterocycles. The average Bonchev–Trinajstić information content (AvgIpc) is 2.16. The zero-order valence-corrected chi connectivity index (χ0v) is 7.09. The van der Waals surface area contributed by atoms with Gasteiger partial charge >= 0.3 is 0 Å². The van der Waals surface area contributed by atoms with Crippen LogP contribution in [0.1, 0.15) is 5.56 Å². The molecule has 0 aliphatic rings. The third kappa shape index (κ3) is 1.32. The molecule has 1 N–H and O–H groups in total. The number of rotatable bonds is 2. The van der Waals surface area contributed by atoms with Crippen LogP contribution < -0.4 is 10.1 Å². The zero-order chi connectivity index (χ0) is 8.97. The highest BCUT2D eigenvalue weighted by Gasteiger charge is 2.04. The van der Waals surface area contributed by atoms with E-state index in [1.54, 1.807) is 26.3 Å². The molecule has 3 heteroatoms. The molecule has 12 heavy (non-hydrogen) atoms. The molecule has 0 fully saturated rings. The van der Waals surface area contributed by atoms with Gasteiger partial charge in [0.1, 0.15) is 11.8 Å². The Morgan fingerprint density at radius 2 is 2.25 bits per heavy atom. The number of nitriles is 1. The van der Waals surface area contributed by atoms with E-state index in [0.717, 1.165) is 5.69 Å². The standard InChI is InChI=1S/C9H10N2O/c1-11-9-7(6-10)4-3-5-8(9)12-2/h3-5,11H,1-2H3. The molecule has 0 atom stereocenters. The summed E-state index contributed by atoms with van der Waals surface area (Å²) in [6.07, 6.45) is 0. The predicted octanol–water partition coefficient (Wildman–Crippen LogP) is 1.61. The first-order valence-electron chi connectivity index (χ1n) is 3.58. The van der Waals surface area contributed by atoms with Crippen molar-refractivity contribution in [1.29, 1.82) is 5.26 Å². The van der Waals surface area contributed by atoms with Gasteiger partial charge in [0.2, 0.25) is 0 Å². The number of ether oxygens (including phenoxy) is 1. The molecule has 1 aromatic rings. The Hall–Kier alpha value is -1.69. The molecule has 0 saturated carbocycles. The second kappa shape index (κ2) is 3.63. The molecule has 62 valence electrons. The summed E-state index contributed by atoms with van der Waals surface area (Å²) in [5.41, 5.74) is 1.33. The summed E-state index contributed by atoms with van der Waals surface area (Å²) in [5.74, 6) is 0.691. The van der Waals surface area contributed by atoms with Crippen LogP contribution in [-0.2, 0) is 0 Å². The Kier molecular flexibility index (Phi) is 2.54. The number of para-hydroxylation sites is 1. The maximum atomic E-state index is 8.72. The quantitative estimate of drug-likeness (QED) is 0.718. The van der Waals surface area contributed by atoms with E-state index in [1.807, 2.05) is 6.07 Å². The van der Waals surface area contributed by atoms with Crippen molar-refractivity contribution in [3.05, 3.63) is 23.8 Å². The van der Waals surface area contributed by atoms with Crippen LogP contribution in [0.5, 0.6) is 5.75 Å². The van der Waals surface area contributed by atoms with E-state index in [9.17, 15) is 0 Å². The maximum Gasteiger partial charge on any atom is 0.143 e. The molecule has 0 radical (unpaired) electrons. The first-order valence-corrected chi connectivity index (χ1v) is 3.58. The van der Waals surface area contributed by atoms with E-state index in [-0.39, 0.29) is 0 Å². The molecule has 1 aromatic carbocycles. The summed E-state index contributed by atoms with van der Waals surface area (Å²) in [6.45, 7) is 0. The molecule has 0 aliphatic heterocycles. The monoisotopic (exact) mass is 162 g/mol. The van der Waals surface area contributed by atoms with Crippen molar-refractivity contribution < 1.29 is 4.74 Å². The van der Waals surface area contributed by atoms with Crippen LogP contribution in [0, 0.1) is 11.3 Å². The van der Waals surface area contributed by atoms with Crippen LogP contribution in [0.4, 0.5) is 5.69 Å². The van der Waals surface area contributed by atoms with Crippen molar-refractivity contribution >= 4 is 5.69 Å². The third-order valence-corrected chi connectivity index (χ3v) is 1.62. The topological polar surface area (TPSA) is 45.0 Å². The van der Waals surface area contributed by atoms with Crippen molar-refractivity contribution in [2.45, 2.75) is 0 Å². The molecule has 0 heterocycles. The van der Waals surface area contributed by atoms with Crippen molar-refractivity contribution in [1.82, 2.24) is 0 Å². The van der Waals surface area contributed by atoms with Crippen LogP contribution in [-0.4, -0.2) is 14.2 Å². The number of methoxy groups -OCH3 is 1. The van der Waals surface area contributed by atoms with Crippen LogP contribution in [0.3, 0.4) is 0 Å². The van der Waals surface area contributed by atoms with Gasteiger partial charge in [-0.2, -0.15) is 5.26 Å². The molecule has 0 aliphatic carbocycles. The first-order chi connectivity index (χ1) is 5.83. The highest BCUT2D eigenvalue weighted by Crippen LogP contribution is 2.26. The summed E-state index contributed by atoms with van der Waals surface area (Å²) in [4.78, 5) is 0. The van der Waals surface area contributed by atoms with Crippen molar-refractivity contribution in [3.63, 3.8) is 0 Å². The second-order valence-electron chi connectivity index (χ2n) is 2.24. The fourth-order valence-corrected chi connectivity index (χ4v) is 1.05. The Labute approximate surface area is 71.6 Å². The smallest absolute Gasteiger partial charge is 0.143 e. The third-order valence-electron chi connectivity index (χ3n) is 1.62. The maximum absolute atomic E-state index is 8.72. The van der Waals surface area contributed by atoms with Crippen LogP contribution in [0.25, 0.3) is 0 Å². The second-order valence-corrected chi connectivity index (χ2v) is 2.24. The number of benzene rings is 1. The summed E-state index contributed by atoms with van der Waals surface area (Å²) in [6, 6.07) is 7.43. The Morgan fingerprint density at radius 1 is 1.50 bits per heavy atom. The van der Waals surface area contributed by atoms with Gasteiger partial charge in [-0.3, -0.25) is 0 Å². The van der Waals surface area contributed by atoms with E-state index >= 15 is 0 Å². The number of hydrogen-bond donors (Lipinski definition) is 1. The van der Waals surface area contributed by atoms with Gasteiger partial charge in [0.25, 0.3) is 0 Å². The first kappa shape index (κ1) is 8.41. The lowest BCUT2D eigenvalue weighted by molar-refractivity contribution is 0.416. The van der Waals surface area contributed by atoms with Gasteiger partial charge in [-0.05, 0) is 12.1 Å². The summed E-state index contributed by atoms with van der Waals surface area (Å²) in [5, 5.41) is 11.6. The SMILES string of the molecule is CNc1c(C#N)cccc1OC. The number of hydrogen-bond acceptors (Lipinski definition) is 3. The highest BCUT2D eigenvalue weighted by atomic mass is 16.5. The van der Waals surface area contributed by atoms with E-state index in [0.29, 0.717) is 11.3 Å². The average molecular weight is 162 g/mol. The summed E-state index contributed by atoms with van der Waals surface area (Å²) < 4.78 is 5.07. The van der Waals surface area contributed by atoms with Gasteiger partial charge < -0.3 is 10.1 Å². The molecular formula is C9H10N2O. The Bertz CT molecular complexity index is 315. The number of nitrogens with zero attached hydrogens (tertiary/aromatic N) is 1. The minimum absolute atomic E-state index is 0.594. The Morgan fingerprint density at radius 3 is 2.75 bits per heavy atom. The van der Waals surface area contributed by atoms with E-state index < -0.39 is 0 Å². The predicted molar refractivity (Wildman–Crippen MR) is 47.3 cm³/mol. The molecular weight excluding hydrogens is 152 g/mol. The minimum atomic E-state index is 0.594. The zero-order valence-electron chi connectivity index (χ0n) is 7.09. The van der Waals surface area contributed by atoms with Crippen molar-refractivity contribution in [3.8, 4) is 11.8 Å². The van der Waals surface area contributed by atoms with Gasteiger partial charge in [0.05, 0.1) is 18.4 Å². The Balaban J connectivity index is 3.24. The largest absolute Gasteiger partial charge is 0.495 e. The minimum Gasteiger partial charge on any atom is -0.495 e. The van der Waals surface area contributed by atoms with Gasteiger partial charge in [0.15, 0.2) is 0 Å². The molecule has 0 aromatic heterocycles. The van der Waals surface area contributed by atoms with Gasteiger partial charge in [-0.15, -0.1) is 0 Å². The van der Waals surface area contributed by atoms with E-state index in [4.69, 9.17) is 10.00 Å². The molecule has 0 bridgehead atoms. The summed E-state index contributed by atoms with van der Waals surface area (Å²) in [7, 11) is 3.34. The molecule has 3 nitrogen and oxygen atoms in total. The fourth-order valence-electron chi connectivity index (χ4n) is 1.05. The molecule has 1 rings (SSSR count). The van der Waals surface area contributed by atoms with E-state index in [2.05, 4.69) is 11.4 Å². The lowest BCUT2D eigenvalue weighted by Gasteiger charge is -2.08. The number of nitrogens with one attached hydrogen (secondary N) is 1. The highest BCUT2D eigenvalue weighted by molar-refractivity contribution is 5.65. The van der Waals surface area contributed by atoms with Gasteiger partial charge in [-0.25, -0.2) is 0 Å². The fraction of sp³-hybridized carbons (Fsp3) is 0.222. The number of anilines is 1. The molecule has 0 spiro atoms. The summed E-state index contributed by atoms with van der Waals surface area (Å²) >= 11 is 0. The van der Waals surface area contributed by atoms with Crippen LogP contribution >= 0.6 is 0 Å².